The van der Waals surface area contributed by atoms with E-state index in [0.29, 0.717) is 6.04 Å². The number of amides is 2. The number of nitrogens with zero attached hydrogens (tertiary/aromatic N) is 1. The molecule has 1 saturated carbocycles. The molecule has 0 saturated heterocycles. The van der Waals surface area contributed by atoms with E-state index < -0.39 is 0 Å². The van der Waals surface area contributed by atoms with Crippen molar-refractivity contribution >= 4 is 6.03 Å². The van der Waals surface area contributed by atoms with Gasteiger partial charge in [-0.3, -0.25) is 0 Å². The van der Waals surface area contributed by atoms with E-state index in [1.165, 1.54) is 12.8 Å². The van der Waals surface area contributed by atoms with Gasteiger partial charge in [-0.2, -0.15) is 0 Å². The molecule has 0 aliphatic heterocycles. The minimum Gasteiger partial charge on any atom is -0.341 e. The van der Waals surface area contributed by atoms with E-state index in [0.717, 1.165) is 18.8 Å². The maximum Gasteiger partial charge on any atom is 0.317 e. The van der Waals surface area contributed by atoms with Gasteiger partial charge < -0.3 is 10.2 Å². The van der Waals surface area contributed by atoms with Gasteiger partial charge >= 0.3 is 6.03 Å². The molecule has 0 aromatic rings. The van der Waals surface area contributed by atoms with Crippen LogP contribution in [0.2, 0.25) is 0 Å². The maximum atomic E-state index is 11.3. The molecule has 13 heavy (non-hydrogen) atoms. The van der Waals surface area contributed by atoms with E-state index in [2.05, 4.69) is 12.2 Å². The first-order chi connectivity index (χ1) is 6.15. The van der Waals surface area contributed by atoms with Crippen LogP contribution in [0, 0.1) is 5.92 Å². The van der Waals surface area contributed by atoms with Gasteiger partial charge in [0.05, 0.1) is 0 Å². The smallest absolute Gasteiger partial charge is 0.317 e. The second kappa shape index (κ2) is 4.49. The number of rotatable bonds is 1. The Morgan fingerprint density at radius 3 is 2.31 bits per heavy atom. The lowest BCUT2D eigenvalue weighted by Gasteiger charge is -2.33. The highest BCUT2D eigenvalue weighted by molar-refractivity contribution is 5.73. The van der Waals surface area contributed by atoms with Gasteiger partial charge in [0, 0.05) is 20.1 Å². The van der Waals surface area contributed by atoms with Crippen molar-refractivity contribution in [2.75, 3.05) is 14.1 Å². The Morgan fingerprint density at radius 2 is 1.85 bits per heavy atom. The topological polar surface area (TPSA) is 32.3 Å². The van der Waals surface area contributed by atoms with E-state index in [1.54, 1.807) is 7.05 Å². The third kappa shape index (κ3) is 2.61. The summed E-state index contributed by atoms with van der Waals surface area (Å²) in [7, 11) is 3.57. The highest BCUT2D eigenvalue weighted by Gasteiger charge is 2.23. The summed E-state index contributed by atoms with van der Waals surface area (Å²) in [6, 6.07) is 0.496. The fourth-order valence-corrected chi connectivity index (χ4v) is 1.97. The van der Waals surface area contributed by atoms with Gasteiger partial charge in [-0.25, -0.2) is 4.79 Å². The van der Waals surface area contributed by atoms with Crippen LogP contribution < -0.4 is 5.32 Å². The summed E-state index contributed by atoms with van der Waals surface area (Å²) in [6.07, 6.45) is 4.83. The normalized spacial score (nSPS) is 28.2. The van der Waals surface area contributed by atoms with Crippen molar-refractivity contribution < 1.29 is 4.79 Å². The zero-order valence-electron chi connectivity index (χ0n) is 8.84. The Bertz CT molecular complexity index is 174. The van der Waals surface area contributed by atoms with Gasteiger partial charge in [-0.1, -0.05) is 6.92 Å². The van der Waals surface area contributed by atoms with Crippen molar-refractivity contribution in [1.82, 2.24) is 10.2 Å². The standard InChI is InChI=1S/C10H20N2O/c1-8-4-6-9(7-5-8)12(3)10(13)11-2/h8-9H,4-7H2,1-3H3,(H,11,13). The van der Waals surface area contributed by atoms with Crippen LogP contribution in [0.5, 0.6) is 0 Å². The lowest BCUT2D eigenvalue weighted by molar-refractivity contribution is 0.165. The zero-order valence-corrected chi connectivity index (χ0v) is 8.84. The second-order valence-electron chi connectivity index (χ2n) is 4.08. The molecule has 0 unspecified atom stereocenters. The summed E-state index contributed by atoms with van der Waals surface area (Å²) in [4.78, 5) is 13.1. The highest BCUT2D eigenvalue weighted by Crippen LogP contribution is 2.26. The first kappa shape index (κ1) is 10.4. The predicted octanol–water partition coefficient (Wildman–Crippen LogP) is 1.84. The maximum absolute atomic E-state index is 11.3. The summed E-state index contributed by atoms with van der Waals surface area (Å²) in [5.74, 6) is 0.842. The van der Waals surface area contributed by atoms with Gasteiger partial charge in [0.1, 0.15) is 0 Å². The molecule has 2 amide bonds. The number of nitrogens with one attached hydrogen (secondary N) is 1. The summed E-state index contributed by atoms with van der Waals surface area (Å²) in [5, 5.41) is 2.66. The van der Waals surface area contributed by atoms with Gasteiger partial charge in [0.25, 0.3) is 0 Å². The Kier molecular flexibility index (Phi) is 3.58. The van der Waals surface area contributed by atoms with E-state index in [1.807, 2.05) is 11.9 Å². The number of hydrogen-bond acceptors (Lipinski definition) is 1. The van der Waals surface area contributed by atoms with Crippen LogP contribution >= 0.6 is 0 Å². The molecule has 1 N–H and O–H groups in total. The molecular weight excluding hydrogens is 164 g/mol. The summed E-state index contributed by atoms with van der Waals surface area (Å²) in [6.45, 7) is 2.29. The first-order valence-electron chi connectivity index (χ1n) is 5.09. The molecule has 0 atom stereocenters. The third-order valence-corrected chi connectivity index (χ3v) is 3.07. The largest absolute Gasteiger partial charge is 0.341 e. The van der Waals surface area contributed by atoms with Crippen molar-refractivity contribution in [3.05, 3.63) is 0 Å². The molecule has 0 heterocycles. The summed E-state index contributed by atoms with van der Waals surface area (Å²) < 4.78 is 0. The average Bonchev–Trinajstić information content (AvgIpc) is 2.17. The number of urea groups is 1. The molecule has 1 aliphatic carbocycles. The van der Waals surface area contributed by atoms with Crippen LogP contribution in [0.3, 0.4) is 0 Å². The summed E-state index contributed by atoms with van der Waals surface area (Å²) in [5.41, 5.74) is 0. The SMILES string of the molecule is CNC(=O)N(C)C1CCC(C)CC1. The van der Waals surface area contributed by atoms with Gasteiger partial charge in [-0.15, -0.1) is 0 Å². The Hall–Kier alpha value is -0.730. The van der Waals surface area contributed by atoms with Crippen molar-refractivity contribution in [3.8, 4) is 0 Å². The first-order valence-corrected chi connectivity index (χ1v) is 5.09. The van der Waals surface area contributed by atoms with Crippen LogP contribution in [0.15, 0.2) is 0 Å². The quantitative estimate of drug-likeness (QED) is 0.662. The lowest BCUT2D eigenvalue weighted by atomic mass is 9.87. The minimum absolute atomic E-state index is 0.0413. The van der Waals surface area contributed by atoms with Crippen LogP contribution in [0.4, 0.5) is 4.79 Å². The van der Waals surface area contributed by atoms with Gasteiger partial charge in [0.2, 0.25) is 0 Å². The van der Waals surface area contributed by atoms with Crippen molar-refractivity contribution in [3.63, 3.8) is 0 Å². The number of hydrogen-bond donors (Lipinski definition) is 1. The zero-order chi connectivity index (χ0) is 9.84. The Morgan fingerprint density at radius 1 is 1.31 bits per heavy atom. The molecule has 0 bridgehead atoms. The third-order valence-electron chi connectivity index (χ3n) is 3.07. The van der Waals surface area contributed by atoms with Gasteiger partial charge in [0.15, 0.2) is 0 Å². The Labute approximate surface area is 80.5 Å². The van der Waals surface area contributed by atoms with E-state index in [9.17, 15) is 4.79 Å². The van der Waals surface area contributed by atoms with Crippen molar-refractivity contribution in [1.29, 1.82) is 0 Å². The molecular formula is C10H20N2O. The predicted molar refractivity (Wildman–Crippen MR) is 53.6 cm³/mol. The van der Waals surface area contributed by atoms with E-state index in [-0.39, 0.29) is 6.03 Å². The van der Waals surface area contributed by atoms with Crippen LogP contribution in [-0.4, -0.2) is 31.1 Å². The van der Waals surface area contributed by atoms with Crippen LogP contribution in [0.1, 0.15) is 32.6 Å². The second-order valence-corrected chi connectivity index (χ2v) is 4.08. The Balaban J connectivity index is 2.39. The van der Waals surface area contributed by atoms with E-state index in [4.69, 9.17) is 0 Å². The van der Waals surface area contributed by atoms with E-state index >= 15 is 0 Å². The molecule has 0 radical (unpaired) electrons. The molecule has 3 heteroatoms. The fraction of sp³-hybridized carbons (Fsp3) is 0.900. The fourth-order valence-electron chi connectivity index (χ4n) is 1.97. The summed E-state index contributed by atoms with van der Waals surface area (Å²) >= 11 is 0. The number of carbonyl (C=O) groups is 1. The lowest BCUT2D eigenvalue weighted by Crippen LogP contribution is -2.43. The van der Waals surface area contributed by atoms with Gasteiger partial charge in [-0.05, 0) is 31.6 Å². The molecule has 0 spiro atoms. The van der Waals surface area contributed by atoms with Crippen molar-refractivity contribution in [2.24, 2.45) is 5.92 Å². The van der Waals surface area contributed by atoms with Crippen LogP contribution in [0.25, 0.3) is 0 Å². The molecule has 0 aromatic carbocycles. The van der Waals surface area contributed by atoms with Crippen molar-refractivity contribution in [2.45, 2.75) is 38.6 Å². The monoisotopic (exact) mass is 184 g/mol. The molecule has 3 nitrogen and oxygen atoms in total. The molecule has 1 fully saturated rings. The van der Waals surface area contributed by atoms with Crippen LogP contribution in [-0.2, 0) is 0 Å². The minimum atomic E-state index is 0.0413. The average molecular weight is 184 g/mol. The number of carbonyl (C=O) groups excluding carboxylic acids is 1. The highest BCUT2D eigenvalue weighted by atomic mass is 16.2. The molecule has 1 aliphatic rings. The molecule has 1 rings (SSSR count). The molecule has 0 aromatic heterocycles. The molecule has 76 valence electrons.